The maximum Gasteiger partial charge on any atom is 0.502 e. The van der Waals surface area contributed by atoms with Crippen LogP contribution in [0.2, 0.25) is 66.5 Å². The van der Waals surface area contributed by atoms with E-state index >= 15 is 0 Å². The van der Waals surface area contributed by atoms with Crippen molar-refractivity contribution in [3.05, 3.63) is 0 Å². The standard InChI is InChI=1S/C11H27NO3Si.C10H25NO3Si.C9H23NO3Si.2C8H21NO3Si.2C7H19NO3Si.2C5H15NO3Si.C3H11NO3Si.C2H9NO3Si/c1-6-13-16(14-7-2,15-8-3)11-9-10-12(4)5;1-6-12-15(13-7-2,14-8-3)10-9-11(4)5;1-4-11-14(12-5-2,13-6-3)9-7-8-10;1-9(2)7-6-8-13(10-3,11-4)12-5;1-4-10-13(8-7-9,11-5-2)12-6-3;1-8(2)6-7-12(9-3,10-4)11-5;1-4-11-12(9-2,10-3)7-5-6-8;1-7-10(8-2,9-3)5-4-6;1-6(2)4-3-5-10(7,8)9;4-2-1-3-8(5,6)7;3-1-2-7(4,5)6/h6-11H2,1-5H3;6-10H2,1-5H3;4-10H2,1-3H3;6-8H2,1-5H3;4-9H2,1-3H3;6-7H2,1-5H3;4-8H2,1-3H3;4-6H2,1-3H3;7-9H,3-5H2,1-2H3;5-7H,1-4H2;4-6H,1-3H2. The third-order valence-electron chi connectivity index (χ3n) is 16.7. The molecule has 0 saturated heterocycles. The van der Waals surface area contributed by atoms with Crippen LogP contribution in [0.25, 0.3) is 0 Å². The summed E-state index contributed by atoms with van der Waals surface area (Å²) in [6, 6.07) is 6.53. The van der Waals surface area contributed by atoms with Crippen molar-refractivity contribution in [2.45, 2.75) is 195 Å². The summed E-state index contributed by atoms with van der Waals surface area (Å²) in [5.74, 6) is 0. The summed E-state index contributed by atoms with van der Waals surface area (Å²) in [5, 5.41) is 0. The number of nitrogens with two attached hydrogens (primary N) is 6. The van der Waals surface area contributed by atoms with E-state index in [4.69, 9.17) is 184 Å². The lowest BCUT2D eigenvalue weighted by Gasteiger charge is -2.29. The summed E-state index contributed by atoms with van der Waals surface area (Å²) in [6.07, 6.45) is 4.96. The molecule has 0 aromatic rings. The first-order valence-corrected chi connectivity index (χ1v) is 66.8. The monoisotopic (exact) mass is 2100 g/mol. The van der Waals surface area contributed by atoms with Gasteiger partial charge in [-0.1, -0.05) is 0 Å². The lowest BCUT2D eigenvalue weighted by atomic mass is 10.5. The van der Waals surface area contributed by atoms with Crippen molar-refractivity contribution in [3.8, 4) is 0 Å². The molecular weight excluding hydrogens is 1890 g/mol. The second-order valence-corrected chi connectivity index (χ2v) is 58.1. The summed E-state index contributed by atoms with van der Waals surface area (Å²) in [7, 11) is 7.78. The normalized spacial score (nSPS) is 12.2. The van der Waals surface area contributed by atoms with Crippen LogP contribution in [0, 0.1) is 0 Å². The Morgan fingerprint density at radius 3 is 0.492 bits per heavy atom. The van der Waals surface area contributed by atoms with E-state index in [9.17, 15) is 0 Å². The van der Waals surface area contributed by atoms with Gasteiger partial charge in [0, 0.05) is 244 Å². The molecule has 0 rings (SSSR count). The second kappa shape index (κ2) is 99.8. The van der Waals surface area contributed by atoms with Gasteiger partial charge in [0.05, 0.1) is 0 Å². The van der Waals surface area contributed by atoms with E-state index in [-0.39, 0.29) is 24.7 Å². The number of hydrogen-bond donors (Lipinski definition) is 15. The smallest absolute Gasteiger partial charge is 0.390 e. The van der Waals surface area contributed by atoms with Gasteiger partial charge in [-0.2, -0.15) is 0 Å². The number of rotatable bonds is 70. The molecule has 0 aliphatic rings. The lowest BCUT2D eigenvalue weighted by Crippen LogP contribution is -2.47. The third-order valence-corrected chi connectivity index (χ3v) is 43.3. The molecule has 130 heavy (non-hydrogen) atoms. The van der Waals surface area contributed by atoms with Crippen molar-refractivity contribution in [2.24, 2.45) is 34.4 Å². The van der Waals surface area contributed by atoms with Gasteiger partial charge in [0.2, 0.25) is 0 Å². The first-order chi connectivity index (χ1) is 60.9. The van der Waals surface area contributed by atoms with Crippen molar-refractivity contribution in [3.63, 3.8) is 0 Å². The van der Waals surface area contributed by atoms with Crippen LogP contribution in [0.1, 0.15) is 129 Å². The van der Waals surface area contributed by atoms with Gasteiger partial charge in [-0.25, -0.2) is 0 Å². The summed E-state index contributed by atoms with van der Waals surface area (Å²) in [6.45, 7) is 41.5. The minimum atomic E-state index is -3.78. The Kier molecular flexibility index (Phi) is 118. The second-order valence-electron chi connectivity index (χ2n) is 28.8. The molecule has 0 amide bonds. The molecule has 0 atom stereocenters. The van der Waals surface area contributed by atoms with Crippen LogP contribution in [-0.4, -0.2) is 471 Å². The van der Waals surface area contributed by atoms with Gasteiger partial charge in [0.15, 0.2) is 0 Å². The van der Waals surface area contributed by atoms with Gasteiger partial charge >= 0.3 is 96.8 Å². The zero-order valence-electron chi connectivity index (χ0n) is 88.0. The van der Waals surface area contributed by atoms with Crippen molar-refractivity contribution in [1.82, 2.24) is 24.5 Å². The highest BCUT2D eigenvalue weighted by atomic mass is 28.4. The molecule has 0 saturated carbocycles. The first-order valence-electron chi connectivity index (χ1n) is 45.2. The Morgan fingerprint density at radius 2 is 0.315 bits per heavy atom. The highest BCUT2D eigenvalue weighted by molar-refractivity contribution is 6.63. The first kappa shape index (κ1) is 153. The zero-order chi connectivity index (χ0) is 103. The van der Waals surface area contributed by atoms with Crippen LogP contribution in [0.15, 0.2) is 0 Å². The van der Waals surface area contributed by atoms with Crippen LogP contribution in [0.5, 0.6) is 0 Å². The average molecular weight is 2100 g/mol. The molecule has 0 unspecified atom stereocenters. The quantitative estimate of drug-likeness (QED) is 0.0389. The Labute approximate surface area is 802 Å². The molecular formula is C75H205N11O33Si11. The van der Waals surface area contributed by atoms with Crippen LogP contribution in [0.3, 0.4) is 0 Å². The van der Waals surface area contributed by atoms with Gasteiger partial charge in [0.25, 0.3) is 0 Å². The molecule has 0 aromatic carbocycles. The Hall–Kier alpha value is 0.626. The van der Waals surface area contributed by atoms with Crippen LogP contribution < -0.4 is 34.4 Å². The van der Waals surface area contributed by atoms with E-state index < -0.39 is 96.8 Å². The maximum atomic E-state index is 8.56. The molecule has 55 heteroatoms. The molecule has 44 nitrogen and oxygen atoms in total. The highest BCUT2D eigenvalue weighted by Crippen LogP contribution is 2.22. The summed E-state index contributed by atoms with van der Waals surface area (Å²) >= 11 is 0. The minimum Gasteiger partial charge on any atom is -0.390 e. The minimum absolute atomic E-state index is 0.0451. The SMILES string of the molecule is CCO[Si](CCCN(C)C)(OCC)OCC.CCO[Si](CCCN)(OC)OC.CCO[Si](CCCN)(OCC)OCC.CCO[Si](CCN(C)C)(OCC)OCC.CCO[Si](CCN)(OCC)OCC.CN(C)CCC[Si](O)(O)O.CO[Si](CCCN(C)C)(OC)OC.CO[Si](CCN(C)C)(OC)OC.CO[Si](CCN)(OC)OC.NCCC[Si](O)(O)O.NCC[Si](O)(O)O. The van der Waals surface area contributed by atoms with Crippen LogP contribution in [0.4, 0.5) is 0 Å². The summed E-state index contributed by atoms with van der Waals surface area (Å²) in [4.78, 5) is 85.7. The van der Waals surface area contributed by atoms with Gasteiger partial charge < -0.3 is 208 Å². The van der Waals surface area contributed by atoms with Crippen molar-refractivity contribution in [2.75, 3.05) is 307 Å². The fourth-order valence-corrected chi connectivity index (χ4v) is 29.5. The van der Waals surface area contributed by atoms with Gasteiger partial charge in [-0.05, 0) is 258 Å². The van der Waals surface area contributed by atoms with Crippen molar-refractivity contribution >= 4 is 96.8 Å². The van der Waals surface area contributed by atoms with E-state index in [1.165, 1.54) is 0 Å². The van der Waals surface area contributed by atoms with E-state index in [1.807, 2.05) is 137 Å². The van der Waals surface area contributed by atoms with E-state index in [0.717, 1.165) is 94.7 Å². The maximum absolute atomic E-state index is 8.56. The van der Waals surface area contributed by atoms with Gasteiger partial charge in [-0.15, -0.1) is 0 Å². The largest absolute Gasteiger partial charge is 0.502 e. The Bertz CT molecular complexity index is 2130. The Morgan fingerprint density at radius 1 is 0.169 bits per heavy atom. The Balaban J connectivity index is -0.000000134. The molecule has 0 bridgehead atoms. The molecule has 0 radical (unpaired) electrons. The van der Waals surface area contributed by atoms with Gasteiger partial charge in [0.1, 0.15) is 0 Å². The van der Waals surface area contributed by atoms with Crippen molar-refractivity contribution < 1.29 is 149 Å². The molecule has 802 valence electrons. The predicted octanol–water partition coefficient (Wildman–Crippen LogP) is 2.59. The molecule has 0 heterocycles. The van der Waals surface area contributed by atoms with E-state index in [0.29, 0.717) is 144 Å². The molecule has 0 aliphatic heterocycles. The predicted molar refractivity (Wildman–Crippen MR) is 539 cm³/mol. The molecule has 0 spiro atoms. The third kappa shape index (κ3) is 98.8. The molecule has 0 aliphatic carbocycles. The van der Waals surface area contributed by atoms with Crippen molar-refractivity contribution in [1.29, 1.82) is 0 Å². The van der Waals surface area contributed by atoms with E-state index in [1.54, 1.807) is 78.2 Å². The summed E-state index contributed by atoms with van der Waals surface area (Å²) in [5.41, 5.74) is 31.6. The zero-order valence-corrected chi connectivity index (χ0v) is 99.0. The van der Waals surface area contributed by atoms with Crippen LogP contribution >= 0.6 is 0 Å². The van der Waals surface area contributed by atoms with E-state index in [2.05, 4.69) is 47.8 Å². The molecule has 21 N–H and O–H groups in total. The fraction of sp³-hybridized carbons (Fsp3) is 1.00. The fourth-order valence-electron chi connectivity index (χ4n) is 10.5. The summed E-state index contributed by atoms with van der Waals surface area (Å²) < 4.78 is 131. The average Bonchev–Trinajstić information content (AvgIpc) is 0.879. The molecule has 0 fully saturated rings. The lowest BCUT2D eigenvalue weighted by molar-refractivity contribution is 0.0689. The highest BCUT2D eigenvalue weighted by Gasteiger charge is 2.45. The number of nitrogens with zero attached hydrogens (tertiary/aromatic N) is 5. The number of hydrogen-bond acceptors (Lipinski definition) is 44. The molecule has 0 aromatic heterocycles. The van der Waals surface area contributed by atoms with Crippen LogP contribution in [-0.2, 0) is 106 Å². The van der Waals surface area contributed by atoms with Gasteiger partial charge in [-0.3, -0.25) is 0 Å². The topological polar surface area (TPSA) is 576 Å².